The zero-order valence-corrected chi connectivity index (χ0v) is 13.9. The molecule has 0 spiro atoms. The van der Waals surface area contributed by atoms with Crippen molar-refractivity contribution in [1.82, 2.24) is 14.7 Å². The molecule has 0 saturated carbocycles. The fraction of sp³-hybridized carbons (Fsp3) is 0.273. The molecule has 0 aliphatic heterocycles. The van der Waals surface area contributed by atoms with Gasteiger partial charge < -0.3 is 0 Å². The minimum atomic E-state index is -0.381. The maximum Gasteiger partial charge on any atom is 0.288 e. The fourth-order valence-corrected chi connectivity index (χ4v) is 3.33. The van der Waals surface area contributed by atoms with E-state index in [1.54, 1.807) is 11.3 Å². The topological polar surface area (TPSA) is 38.1 Å². The minimum absolute atomic E-state index is 0.00364. The highest BCUT2D eigenvalue weighted by atomic mass is 79.9. The monoisotopic (exact) mass is 381 g/mol. The molecule has 0 N–H and O–H groups in total. The van der Waals surface area contributed by atoms with Gasteiger partial charge in [-0.05, 0) is 29.0 Å². The second-order valence-electron chi connectivity index (χ2n) is 4.00. The van der Waals surface area contributed by atoms with Crippen LogP contribution in [-0.2, 0) is 13.2 Å². The molecule has 0 radical (unpaired) electrons. The Hall–Kier alpha value is -0.400. The number of halogens is 3. The molecule has 0 fully saturated rings. The summed E-state index contributed by atoms with van der Waals surface area (Å²) in [6.45, 7) is 1.08. The van der Waals surface area contributed by atoms with Gasteiger partial charge in [-0.2, -0.15) is 5.10 Å². The summed E-state index contributed by atoms with van der Waals surface area (Å²) in [5.74, 6) is 0. The highest BCUT2D eigenvalue weighted by Gasteiger charge is 2.10. The summed E-state index contributed by atoms with van der Waals surface area (Å²) in [6.07, 6.45) is 1.38. The smallest absolute Gasteiger partial charge is 0.282 e. The lowest BCUT2D eigenvalue weighted by Crippen LogP contribution is -2.31. The Bertz CT molecular complexity index is 643. The molecule has 0 aliphatic rings. The van der Waals surface area contributed by atoms with E-state index in [9.17, 15) is 4.79 Å². The number of rotatable bonds is 4. The van der Waals surface area contributed by atoms with Gasteiger partial charge in [0.25, 0.3) is 5.56 Å². The van der Waals surface area contributed by atoms with Crippen LogP contribution < -0.4 is 5.56 Å². The summed E-state index contributed by atoms with van der Waals surface area (Å²) in [6, 6.07) is 2.05. The molecule has 0 atom stereocenters. The Labute approximate surface area is 132 Å². The summed E-state index contributed by atoms with van der Waals surface area (Å²) >= 11 is 16.6. The van der Waals surface area contributed by atoms with Crippen molar-refractivity contribution in [2.75, 3.05) is 7.05 Å². The number of aromatic nitrogens is 2. The molecule has 2 heterocycles. The third kappa shape index (κ3) is 3.79. The van der Waals surface area contributed by atoms with Crippen LogP contribution in [0.2, 0.25) is 10.0 Å². The van der Waals surface area contributed by atoms with Crippen molar-refractivity contribution >= 4 is 50.5 Å². The summed E-state index contributed by atoms with van der Waals surface area (Å²) in [5, 5.41) is 6.16. The van der Waals surface area contributed by atoms with Crippen LogP contribution in [0, 0.1) is 0 Å². The lowest BCUT2D eigenvalue weighted by molar-refractivity contribution is 0.242. The van der Waals surface area contributed by atoms with Gasteiger partial charge in [0.15, 0.2) is 0 Å². The lowest BCUT2D eigenvalue weighted by atomic mass is 10.4. The first-order valence-corrected chi connectivity index (χ1v) is 7.73. The lowest BCUT2D eigenvalue weighted by Gasteiger charge is -2.16. The van der Waals surface area contributed by atoms with E-state index in [2.05, 4.69) is 21.0 Å². The molecule has 2 aromatic heterocycles. The normalized spacial score (nSPS) is 11.2. The van der Waals surface area contributed by atoms with Crippen LogP contribution in [0.3, 0.4) is 0 Å². The summed E-state index contributed by atoms with van der Waals surface area (Å²) < 4.78 is 2.35. The number of hydrogen-bond acceptors (Lipinski definition) is 4. The number of thiophene rings is 1. The molecule has 0 aliphatic carbocycles. The minimum Gasteiger partial charge on any atom is -0.282 e. The van der Waals surface area contributed by atoms with Gasteiger partial charge in [0.2, 0.25) is 0 Å². The fourth-order valence-electron chi connectivity index (χ4n) is 1.53. The Morgan fingerprint density at radius 2 is 2.26 bits per heavy atom. The SMILES string of the molecule is CN(Cc1cc(Br)cs1)Cn1ncc(Cl)c(Cl)c1=O. The van der Waals surface area contributed by atoms with Gasteiger partial charge in [0.1, 0.15) is 5.02 Å². The van der Waals surface area contributed by atoms with Crippen molar-refractivity contribution in [3.8, 4) is 0 Å². The van der Waals surface area contributed by atoms with E-state index in [4.69, 9.17) is 23.2 Å². The van der Waals surface area contributed by atoms with Crippen LogP contribution in [0.25, 0.3) is 0 Å². The summed E-state index contributed by atoms with van der Waals surface area (Å²) in [7, 11) is 1.91. The average molecular weight is 383 g/mol. The largest absolute Gasteiger partial charge is 0.288 e. The molecule has 2 aromatic rings. The van der Waals surface area contributed by atoms with Crippen molar-refractivity contribution in [1.29, 1.82) is 0 Å². The quantitative estimate of drug-likeness (QED) is 0.812. The first-order chi connectivity index (χ1) is 8.97. The molecule has 2 rings (SSSR count). The molecular weight excluding hydrogens is 373 g/mol. The predicted molar refractivity (Wildman–Crippen MR) is 82.0 cm³/mol. The van der Waals surface area contributed by atoms with Gasteiger partial charge in [-0.25, -0.2) is 4.68 Å². The molecule has 8 heteroatoms. The highest BCUT2D eigenvalue weighted by molar-refractivity contribution is 9.10. The molecule has 0 aromatic carbocycles. The van der Waals surface area contributed by atoms with Crippen LogP contribution in [0.1, 0.15) is 4.88 Å². The Kier molecular flexibility index (Phi) is 5.03. The van der Waals surface area contributed by atoms with Crippen molar-refractivity contribution < 1.29 is 0 Å². The van der Waals surface area contributed by atoms with E-state index in [1.165, 1.54) is 15.8 Å². The van der Waals surface area contributed by atoms with Gasteiger partial charge in [-0.1, -0.05) is 23.2 Å². The van der Waals surface area contributed by atoms with Crippen LogP contribution in [0.4, 0.5) is 0 Å². The zero-order chi connectivity index (χ0) is 14.0. The third-order valence-electron chi connectivity index (χ3n) is 2.37. The van der Waals surface area contributed by atoms with Crippen molar-refractivity contribution in [2.24, 2.45) is 0 Å². The van der Waals surface area contributed by atoms with Gasteiger partial charge in [-0.3, -0.25) is 9.69 Å². The van der Waals surface area contributed by atoms with E-state index in [-0.39, 0.29) is 15.6 Å². The Balaban J connectivity index is 2.09. The van der Waals surface area contributed by atoms with Gasteiger partial charge in [0.05, 0.1) is 17.9 Å². The molecule has 102 valence electrons. The van der Waals surface area contributed by atoms with E-state index < -0.39 is 0 Å². The second kappa shape index (κ2) is 6.37. The zero-order valence-electron chi connectivity index (χ0n) is 9.94. The molecule has 19 heavy (non-hydrogen) atoms. The number of hydrogen-bond donors (Lipinski definition) is 0. The van der Waals surface area contributed by atoms with Crippen LogP contribution >= 0.6 is 50.5 Å². The van der Waals surface area contributed by atoms with Gasteiger partial charge in [0, 0.05) is 21.3 Å². The van der Waals surface area contributed by atoms with Crippen molar-refractivity contribution in [3.63, 3.8) is 0 Å². The molecule has 0 amide bonds. The molecule has 0 unspecified atom stereocenters. The van der Waals surface area contributed by atoms with Crippen LogP contribution in [-0.4, -0.2) is 21.7 Å². The highest BCUT2D eigenvalue weighted by Crippen LogP contribution is 2.21. The molecular formula is C11H10BrCl2N3OS. The van der Waals surface area contributed by atoms with E-state index in [1.807, 2.05) is 23.4 Å². The first kappa shape index (κ1) is 15.0. The van der Waals surface area contributed by atoms with Crippen molar-refractivity contribution in [2.45, 2.75) is 13.2 Å². The van der Waals surface area contributed by atoms with Crippen molar-refractivity contribution in [3.05, 3.63) is 47.4 Å². The average Bonchev–Trinajstić information content (AvgIpc) is 2.75. The Morgan fingerprint density at radius 3 is 2.89 bits per heavy atom. The second-order valence-corrected chi connectivity index (χ2v) is 6.69. The third-order valence-corrected chi connectivity index (χ3v) is 4.80. The van der Waals surface area contributed by atoms with Crippen LogP contribution in [0.5, 0.6) is 0 Å². The standard InChI is InChI=1S/C11H10BrCl2N3OS/c1-16(4-8-2-7(12)5-19-8)6-17-11(18)10(14)9(13)3-15-17/h2-3,5H,4,6H2,1H3. The molecule has 4 nitrogen and oxygen atoms in total. The Morgan fingerprint density at radius 1 is 1.53 bits per heavy atom. The van der Waals surface area contributed by atoms with Gasteiger partial charge >= 0.3 is 0 Å². The summed E-state index contributed by atoms with van der Waals surface area (Å²) in [4.78, 5) is 15.0. The molecule has 0 saturated heterocycles. The maximum atomic E-state index is 11.8. The maximum absolute atomic E-state index is 11.8. The van der Waals surface area contributed by atoms with Gasteiger partial charge in [-0.15, -0.1) is 11.3 Å². The number of nitrogens with zero attached hydrogens (tertiary/aromatic N) is 3. The predicted octanol–water partition coefficient (Wildman–Crippen LogP) is 3.46. The van der Waals surface area contributed by atoms with E-state index in [0.29, 0.717) is 6.67 Å². The van der Waals surface area contributed by atoms with E-state index >= 15 is 0 Å². The summed E-state index contributed by atoms with van der Waals surface area (Å²) in [5.41, 5.74) is -0.381. The van der Waals surface area contributed by atoms with Crippen LogP contribution in [0.15, 0.2) is 26.9 Å². The van der Waals surface area contributed by atoms with E-state index in [0.717, 1.165) is 11.0 Å². The first-order valence-electron chi connectivity index (χ1n) is 5.30. The molecule has 0 bridgehead atoms.